The van der Waals surface area contributed by atoms with Crippen molar-refractivity contribution in [3.05, 3.63) is 0 Å². The van der Waals surface area contributed by atoms with Gasteiger partial charge in [-0.3, -0.25) is 4.79 Å². The maximum atomic E-state index is 11.5. The minimum absolute atomic E-state index is 0.0287. The SMILES string of the molecule is CCOC(=O)[C@H]1C[C@@H]2CCC[C@@H](C2)N1. The van der Waals surface area contributed by atoms with Crippen LogP contribution < -0.4 is 5.32 Å². The number of fused-ring (bicyclic) bond motifs is 2. The van der Waals surface area contributed by atoms with Crippen LogP contribution in [0.2, 0.25) is 0 Å². The molecular formula is C11H19NO2. The van der Waals surface area contributed by atoms with Gasteiger partial charge in [0.2, 0.25) is 0 Å². The summed E-state index contributed by atoms with van der Waals surface area (Å²) in [5.41, 5.74) is 0. The van der Waals surface area contributed by atoms with Gasteiger partial charge < -0.3 is 10.1 Å². The van der Waals surface area contributed by atoms with Gasteiger partial charge in [0.05, 0.1) is 6.61 Å². The van der Waals surface area contributed by atoms with Crippen molar-refractivity contribution in [1.29, 1.82) is 0 Å². The van der Waals surface area contributed by atoms with Crippen molar-refractivity contribution >= 4 is 5.97 Å². The molecule has 0 radical (unpaired) electrons. The summed E-state index contributed by atoms with van der Waals surface area (Å²) in [5.74, 6) is 0.702. The first-order valence-electron chi connectivity index (χ1n) is 5.72. The van der Waals surface area contributed by atoms with Crippen LogP contribution in [0.1, 0.15) is 39.0 Å². The first kappa shape index (κ1) is 9.97. The zero-order valence-electron chi connectivity index (χ0n) is 8.79. The molecule has 2 bridgehead atoms. The third-order valence-electron chi connectivity index (χ3n) is 3.36. The molecule has 3 atom stereocenters. The topological polar surface area (TPSA) is 38.3 Å². The minimum atomic E-state index is -0.0518. The number of nitrogens with one attached hydrogen (secondary N) is 1. The van der Waals surface area contributed by atoms with Gasteiger partial charge in [-0.1, -0.05) is 12.8 Å². The van der Waals surface area contributed by atoms with E-state index in [1.165, 1.54) is 25.7 Å². The normalized spacial score (nSPS) is 36.5. The molecule has 2 fully saturated rings. The molecule has 0 amide bonds. The summed E-state index contributed by atoms with van der Waals surface area (Å²) in [5, 5.41) is 3.39. The third-order valence-corrected chi connectivity index (χ3v) is 3.36. The van der Waals surface area contributed by atoms with E-state index in [4.69, 9.17) is 4.74 Å². The smallest absolute Gasteiger partial charge is 0.323 e. The molecule has 0 spiro atoms. The van der Waals surface area contributed by atoms with E-state index >= 15 is 0 Å². The van der Waals surface area contributed by atoms with Gasteiger partial charge in [-0.2, -0.15) is 0 Å². The number of carbonyl (C=O) groups excluding carboxylic acids is 1. The number of carbonyl (C=O) groups is 1. The van der Waals surface area contributed by atoms with Crippen molar-refractivity contribution in [3.8, 4) is 0 Å². The zero-order valence-corrected chi connectivity index (χ0v) is 8.79. The van der Waals surface area contributed by atoms with Gasteiger partial charge >= 0.3 is 5.97 Å². The van der Waals surface area contributed by atoms with Crippen LogP contribution in [0.3, 0.4) is 0 Å². The fraction of sp³-hybridized carbons (Fsp3) is 0.909. The van der Waals surface area contributed by atoms with E-state index in [2.05, 4.69) is 5.32 Å². The zero-order chi connectivity index (χ0) is 9.97. The largest absolute Gasteiger partial charge is 0.465 e. The molecule has 14 heavy (non-hydrogen) atoms. The van der Waals surface area contributed by atoms with Crippen molar-refractivity contribution in [1.82, 2.24) is 5.32 Å². The molecule has 80 valence electrons. The number of ether oxygens (including phenoxy) is 1. The molecule has 3 nitrogen and oxygen atoms in total. The van der Waals surface area contributed by atoms with Gasteiger partial charge in [0.1, 0.15) is 6.04 Å². The average Bonchev–Trinajstić information content (AvgIpc) is 2.17. The minimum Gasteiger partial charge on any atom is -0.465 e. The van der Waals surface area contributed by atoms with Crippen molar-refractivity contribution < 1.29 is 9.53 Å². The lowest BCUT2D eigenvalue weighted by molar-refractivity contribution is -0.147. The monoisotopic (exact) mass is 197 g/mol. The van der Waals surface area contributed by atoms with E-state index < -0.39 is 0 Å². The number of esters is 1. The lowest BCUT2D eigenvalue weighted by Gasteiger charge is -2.39. The first-order valence-corrected chi connectivity index (χ1v) is 5.72. The van der Waals surface area contributed by atoms with Gasteiger partial charge in [-0.25, -0.2) is 0 Å². The number of hydrogen-bond donors (Lipinski definition) is 1. The Morgan fingerprint density at radius 3 is 3.00 bits per heavy atom. The van der Waals surface area contributed by atoms with E-state index in [1.807, 2.05) is 6.92 Å². The molecule has 2 rings (SSSR count). The van der Waals surface area contributed by atoms with Gasteiger partial charge in [-0.15, -0.1) is 0 Å². The fourth-order valence-electron chi connectivity index (χ4n) is 2.75. The fourth-order valence-corrected chi connectivity index (χ4v) is 2.75. The molecule has 3 heteroatoms. The highest BCUT2D eigenvalue weighted by Crippen LogP contribution is 2.32. The predicted molar refractivity (Wildman–Crippen MR) is 53.9 cm³/mol. The molecule has 1 saturated heterocycles. The van der Waals surface area contributed by atoms with E-state index in [-0.39, 0.29) is 12.0 Å². The highest BCUT2D eigenvalue weighted by molar-refractivity contribution is 5.76. The molecule has 0 unspecified atom stereocenters. The summed E-state index contributed by atoms with van der Waals surface area (Å²) in [6.07, 6.45) is 6.09. The van der Waals surface area contributed by atoms with Crippen LogP contribution >= 0.6 is 0 Å². The molecule has 2 aliphatic rings. The average molecular weight is 197 g/mol. The molecule has 1 saturated carbocycles. The Bertz CT molecular complexity index is 205. The van der Waals surface area contributed by atoms with E-state index in [1.54, 1.807) is 0 Å². The number of rotatable bonds is 2. The van der Waals surface area contributed by atoms with Gasteiger partial charge in [-0.05, 0) is 32.1 Å². The highest BCUT2D eigenvalue weighted by atomic mass is 16.5. The molecule has 0 aromatic heterocycles. The maximum Gasteiger partial charge on any atom is 0.323 e. The summed E-state index contributed by atoms with van der Waals surface area (Å²) in [6, 6.07) is 0.538. The molecular weight excluding hydrogens is 178 g/mol. The second kappa shape index (κ2) is 4.30. The van der Waals surface area contributed by atoms with Crippen LogP contribution in [0.4, 0.5) is 0 Å². The summed E-state index contributed by atoms with van der Waals surface area (Å²) >= 11 is 0. The highest BCUT2D eigenvalue weighted by Gasteiger charge is 2.34. The van der Waals surface area contributed by atoms with Crippen LogP contribution in [0.25, 0.3) is 0 Å². The van der Waals surface area contributed by atoms with Crippen molar-refractivity contribution in [2.45, 2.75) is 51.1 Å². The quantitative estimate of drug-likeness (QED) is 0.681. The Labute approximate surface area is 85.2 Å². The Morgan fingerprint density at radius 2 is 2.29 bits per heavy atom. The van der Waals surface area contributed by atoms with E-state index in [0.29, 0.717) is 12.6 Å². The van der Waals surface area contributed by atoms with Crippen molar-refractivity contribution in [2.24, 2.45) is 5.92 Å². The Kier molecular flexibility index (Phi) is 3.06. The molecule has 1 heterocycles. The summed E-state index contributed by atoms with van der Waals surface area (Å²) in [4.78, 5) is 11.5. The van der Waals surface area contributed by atoms with Crippen LogP contribution in [0.15, 0.2) is 0 Å². The summed E-state index contributed by atoms with van der Waals surface area (Å²) < 4.78 is 5.05. The first-order chi connectivity index (χ1) is 6.79. The molecule has 0 aromatic carbocycles. The standard InChI is InChI=1S/C11H19NO2/c1-2-14-11(13)10-7-8-4-3-5-9(6-8)12-10/h8-10,12H,2-7H2,1H3/t8-,9+,10-/m1/s1. The van der Waals surface area contributed by atoms with E-state index in [0.717, 1.165) is 12.3 Å². The molecule has 1 aliphatic carbocycles. The second-order valence-corrected chi connectivity index (χ2v) is 4.44. The van der Waals surface area contributed by atoms with Gasteiger partial charge in [0.15, 0.2) is 0 Å². The second-order valence-electron chi connectivity index (χ2n) is 4.44. The Balaban J connectivity index is 1.91. The van der Waals surface area contributed by atoms with Crippen LogP contribution in [-0.2, 0) is 9.53 Å². The van der Waals surface area contributed by atoms with Crippen LogP contribution in [0, 0.1) is 5.92 Å². The maximum absolute atomic E-state index is 11.5. The van der Waals surface area contributed by atoms with Crippen LogP contribution in [0.5, 0.6) is 0 Å². The molecule has 1 N–H and O–H groups in total. The third kappa shape index (κ3) is 2.08. The Hall–Kier alpha value is -0.570. The number of piperidine rings is 1. The predicted octanol–water partition coefficient (Wildman–Crippen LogP) is 1.47. The Morgan fingerprint density at radius 1 is 1.43 bits per heavy atom. The number of hydrogen-bond acceptors (Lipinski definition) is 3. The van der Waals surface area contributed by atoms with Gasteiger partial charge in [0.25, 0.3) is 0 Å². The van der Waals surface area contributed by atoms with Crippen molar-refractivity contribution in [2.75, 3.05) is 6.61 Å². The lowest BCUT2D eigenvalue weighted by Crippen LogP contribution is -2.51. The van der Waals surface area contributed by atoms with E-state index in [9.17, 15) is 4.79 Å². The summed E-state index contributed by atoms with van der Waals surface area (Å²) in [6.45, 7) is 2.36. The van der Waals surface area contributed by atoms with Crippen LogP contribution in [-0.4, -0.2) is 24.7 Å². The molecule has 0 aromatic rings. The lowest BCUT2D eigenvalue weighted by atomic mass is 9.78. The summed E-state index contributed by atoms with van der Waals surface area (Å²) in [7, 11) is 0. The van der Waals surface area contributed by atoms with Crippen molar-refractivity contribution in [3.63, 3.8) is 0 Å². The van der Waals surface area contributed by atoms with Gasteiger partial charge in [0, 0.05) is 6.04 Å². The molecule has 1 aliphatic heterocycles.